The van der Waals surface area contributed by atoms with Gasteiger partial charge in [-0.3, -0.25) is 0 Å². The molecule has 11 heavy (non-hydrogen) atoms. The van der Waals surface area contributed by atoms with Crippen molar-refractivity contribution in [2.45, 2.75) is 5.69 Å². The number of aromatic nitrogens is 1. The molecule has 0 saturated carbocycles. The van der Waals surface area contributed by atoms with Crippen molar-refractivity contribution in [1.82, 2.24) is 4.98 Å². The molecule has 0 atom stereocenters. The van der Waals surface area contributed by atoms with Crippen LogP contribution >= 0.6 is 11.3 Å². The van der Waals surface area contributed by atoms with Crippen LogP contribution in [0.1, 0.15) is 5.69 Å². The maximum atomic E-state index is 8.85. The highest BCUT2D eigenvalue weighted by atomic mass is 32.1. The molecule has 58 valence electrons. The fourth-order valence-corrected chi connectivity index (χ4v) is 1.28. The highest BCUT2D eigenvalue weighted by Gasteiger charge is 2.20. The Hall–Kier alpha value is -0.585. The van der Waals surface area contributed by atoms with E-state index in [0.717, 1.165) is 0 Å². The van der Waals surface area contributed by atoms with Crippen molar-refractivity contribution in [1.29, 1.82) is 0 Å². The zero-order valence-electron chi connectivity index (χ0n) is 5.90. The van der Waals surface area contributed by atoms with Gasteiger partial charge < -0.3 is 15.5 Å². The molecule has 0 bridgehead atoms. The van der Waals surface area contributed by atoms with Gasteiger partial charge in [-0.15, -0.1) is 11.3 Å². The smallest absolute Gasteiger partial charge is 0.182 e. The molecule has 0 aromatic carbocycles. The number of nitrogens with zero attached hydrogens (tertiary/aromatic N) is 1. The Kier molecular flexibility index (Phi) is 2.17. The number of rotatable bonds is 2. The fourth-order valence-electron chi connectivity index (χ4n) is 0.558. The second-order valence-corrected chi connectivity index (χ2v) is 2.87. The molecular formula is C5H7BN2O2S. The van der Waals surface area contributed by atoms with E-state index < -0.39 is 5.69 Å². The van der Waals surface area contributed by atoms with Gasteiger partial charge in [0.15, 0.2) is 18.7 Å². The Balaban J connectivity index is 2.89. The molecule has 1 rings (SSSR count). The third-order valence-electron chi connectivity index (χ3n) is 1.10. The normalized spacial score (nSPS) is 11.5. The van der Waals surface area contributed by atoms with E-state index in [1.54, 1.807) is 7.05 Å². The Morgan fingerprint density at radius 1 is 1.73 bits per heavy atom. The molecule has 2 radical (unpaired) electrons. The van der Waals surface area contributed by atoms with Crippen LogP contribution in [-0.4, -0.2) is 30.1 Å². The Morgan fingerprint density at radius 3 is 2.64 bits per heavy atom. The number of anilines is 1. The molecule has 0 unspecified atom stereocenters. The Bertz CT molecular complexity index is 245. The van der Waals surface area contributed by atoms with Crippen molar-refractivity contribution in [2.75, 3.05) is 12.4 Å². The molecule has 6 heteroatoms. The van der Waals surface area contributed by atoms with E-state index in [2.05, 4.69) is 10.3 Å². The summed E-state index contributed by atoms with van der Waals surface area (Å²) in [4.78, 5) is 3.78. The van der Waals surface area contributed by atoms with Crippen molar-refractivity contribution in [3.63, 3.8) is 0 Å². The van der Waals surface area contributed by atoms with Gasteiger partial charge >= 0.3 is 0 Å². The summed E-state index contributed by atoms with van der Waals surface area (Å²) in [5.41, 5.74) is -2.28. The van der Waals surface area contributed by atoms with Crippen LogP contribution in [0.25, 0.3) is 0 Å². The standard InChI is InChI=1S/C5H7BN2O2S/c1-7-4-8-3(2-11-4)5(6,9)10/h2,9-10H,1H3,(H,7,8). The van der Waals surface area contributed by atoms with Crippen LogP contribution in [0.15, 0.2) is 5.38 Å². The number of thiazole rings is 1. The third kappa shape index (κ3) is 1.92. The number of aliphatic hydroxyl groups is 2. The van der Waals surface area contributed by atoms with Gasteiger partial charge in [0.1, 0.15) is 5.69 Å². The molecule has 0 spiro atoms. The van der Waals surface area contributed by atoms with Gasteiger partial charge in [-0.2, -0.15) is 0 Å². The summed E-state index contributed by atoms with van der Waals surface area (Å²) in [5, 5.41) is 22.5. The first-order valence-corrected chi connectivity index (χ1v) is 3.79. The first-order chi connectivity index (χ1) is 5.04. The maximum absolute atomic E-state index is 8.85. The lowest BCUT2D eigenvalue weighted by molar-refractivity contribution is -0.0938. The molecule has 1 aromatic rings. The minimum Gasteiger partial charge on any atom is -0.369 e. The molecule has 1 heterocycles. The largest absolute Gasteiger partial charge is 0.369 e. The van der Waals surface area contributed by atoms with Crippen molar-refractivity contribution in [3.05, 3.63) is 11.1 Å². The summed E-state index contributed by atoms with van der Waals surface area (Å²) < 4.78 is 0. The van der Waals surface area contributed by atoms with Gasteiger partial charge in [0.25, 0.3) is 0 Å². The van der Waals surface area contributed by atoms with E-state index in [-0.39, 0.29) is 5.69 Å². The topological polar surface area (TPSA) is 65.4 Å². The predicted octanol–water partition coefficient (Wildman–Crippen LogP) is -0.552. The van der Waals surface area contributed by atoms with Crippen molar-refractivity contribution >= 4 is 24.3 Å². The third-order valence-corrected chi connectivity index (χ3v) is 1.95. The SMILES string of the molecule is [B]C(O)(O)c1csc(NC)n1. The van der Waals surface area contributed by atoms with Crippen LogP contribution < -0.4 is 5.32 Å². The molecule has 0 aliphatic rings. The average Bonchev–Trinajstić information content (AvgIpc) is 2.32. The molecule has 0 saturated heterocycles. The van der Waals surface area contributed by atoms with Crippen molar-refractivity contribution in [2.24, 2.45) is 0 Å². The summed E-state index contributed by atoms with van der Waals surface area (Å²) >= 11 is 1.25. The van der Waals surface area contributed by atoms with E-state index in [1.165, 1.54) is 16.7 Å². The molecule has 0 amide bonds. The highest BCUT2D eigenvalue weighted by molar-refractivity contribution is 7.13. The molecule has 3 N–H and O–H groups in total. The van der Waals surface area contributed by atoms with Crippen molar-refractivity contribution < 1.29 is 10.2 Å². The fraction of sp³-hybridized carbons (Fsp3) is 0.400. The molecular weight excluding hydrogens is 163 g/mol. The summed E-state index contributed by atoms with van der Waals surface area (Å²) in [6, 6.07) is 0. The van der Waals surface area contributed by atoms with Crippen molar-refractivity contribution in [3.8, 4) is 0 Å². The summed E-state index contributed by atoms with van der Waals surface area (Å²) in [6.45, 7) is 0. The number of nitrogens with one attached hydrogen (secondary N) is 1. The van der Waals surface area contributed by atoms with Gasteiger partial charge in [-0.1, -0.05) is 0 Å². The molecule has 0 fully saturated rings. The van der Waals surface area contributed by atoms with E-state index in [4.69, 9.17) is 18.1 Å². The van der Waals surface area contributed by atoms with Crippen LogP contribution in [-0.2, 0) is 5.69 Å². The Morgan fingerprint density at radius 2 is 2.36 bits per heavy atom. The van der Waals surface area contributed by atoms with Gasteiger partial charge in [-0.05, 0) is 0 Å². The van der Waals surface area contributed by atoms with Crippen LogP contribution in [0.4, 0.5) is 5.13 Å². The Labute approximate surface area is 69.3 Å². The lowest BCUT2D eigenvalue weighted by Gasteiger charge is -2.12. The molecule has 0 aliphatic heterocycles. The first-order valence-electron chi connectivity index (χ1n) is 2.91. The van der Waals surface area contributed by atoms with Crippen LogP contribution in [0.3, 0.4) is 0 Å². The monoisotopic (exact) mass is 170 g/mol. The lowest BCUT2D eigenvalue weighted by Crippen LogP contribution is -2.25. The van der Waals surface area contributed by atoms with Crippen LogP contribution in [0.5, 0.6) is 0 Å². The summed E-state index contributed by atoms with van der Waals surface area (Å²) in [6.07, 6.45) is 0. The van der Waals surface area contributed by atoms with Crippen LogP contribution in [0.2, 0.25) is 0 Å². The first kappa shape index (κ1) is 8.51. The predicted molar refractivity (Wildman–Crippen MR) is 43.5 cm³/mol. The van der Waals surface area contributed by atoms with Gasteiger partial charge in [0.2, 0.25) is 0 Å². The molecule has 4 nitrogen and oxygen atoms in total. The molecule has 1 aromatic heterocycles. The average molecular weight is 170 g/mol. The number of hydrogen-bond donors (Lipinski definition) is 3. The zero-order valence-corrected chi connectivity index (χ0v) is 6.72. The second kappa shape index (κ2) is 2.81. The van der Waals surface area contributed by atoms with E-state index in [1.807, 2.05) is 0 Å². The highest BCUT2D eigenvalue weighted by Crippen LogP contribution is 2.20. The summed E-state index contributed by atoms with van der Waals surface area (Å²) in [5.74, 6) is 0. The van der Waals surface area contributed by atoms with Gasteiger partial charge in [0.05, 0.1) is 0 Å². The van der Waals surface area contributed by atoms with Gasteiger partial charge in [0, 0.05) is 12.4 Å². The minimum absolute atomic E-state index is 0.0480. The van der Waals surface area contributed by atoms with Gasteiger partial charge in [-0.25, -0.2) is 4.98 Å². The van der Waals surface area contributed by atoms with E-state index in [9.17, 15) is 0 Å². The van der Waals surface area contributed by atoms with Crippen LogP contribution in [0, 0.1) is 0 Å². The lowest BCUT2D eigenvalue weighted by atomic mass is 9.93. The van der Waals surface area contributed by atoms with E-state index >= 15 is 0 Å². The second-order valence-electron chi connectivity index (χ2n) is 2.01. The quantitative estimate of drug-likeness (QED) is 0.411. The zero-order chi connectivity index (χ0) is 8.48. The summed E-state index contributed by atoms with van der Waals surface area (Å²) in [7, 11) is 6.64. The number of hydrogen-bond acceptors (Lipinski definition) is 5. The minimum atomic E-state index is -2.33. The van der Waals surface area contributed by atoms with E-state index in [0.29, 0.717) is 5.13 Å². The molecule has 0 aliphatic carbocycles. The maximum Gasteiger partial charge on any atom is 0.182 e.